The number of carbonyl (C=O) groups excluding carboxylic acids is 2. The third-order valence-electron chi connectivity index (χ3n) is 10.2. The number of carbonyl (C=O) groups is 2. The monoisotopic (exact) mass is 388 g/mol. The standard InChI is InChI=1S/C24H36O4/c1-13-21-20(28-22(13)26)12-19-17-6-5-15-11-16(27-14(2)25)7-9-23(15,3)18(17)8-10-24(19,21)4/h13,15-21H,5-12H2,1-4H3/t13-,15-,16-,17+,18-,19-,20-,21-,23-,24-/m0/s1. The first-order valence-electron chi connectivity index (χ1n) is 11.6. The van der Waals surface area contributed by atoms with E-state index in [4.69, 9.17) is 9.47 Å². The minimum absolute atomic E-state index is 0.0382. The maximum absolute atomic E-state index is 12.2. The van der Waals surface area contributed by atoms with Crippen molar-refractivity contribution in [2.24, 2.45) is 46.3 Å². The van der Waals surface area contributed by atoms with Crippen LogP contribution in [0.5, 0.6) is 0 Å². The van der Waals surface area contributed by atoms with E-state index in [0.717, 1.165) is 31.1 Å². The van der Waals surface area contributed by atoms with Crippen LogP contribution in [0.1, 0.15) is 79.1 Å². The number of fused-ring (bicyclic) bond motifs is 7. The molecule has 4 saturated carbocycles. The Hall–Kier alpha value is -1.06. The average molecular weight is 389 g/mol. The summed E-state index contributed by atoms with van der Waals surface area (Å²) in [5.74, 6) is 3.37. The van der Waals surface area contributed by atoms with Crippen LogP contribution in [0.25, 0.3) is 0 Å². The Balaban J connectivity index is 1.37. The van der Waals surface area contributed by atoms with Gasteiger partial charge in [-0.2, -0.15) is 0 Å². The van der Waals surface area contributed by atoms with Gasteiger partial charge in [-0.3, -0.25) is 9.59 Å². The first-order valence-corrected chi connectivity index (χ1v) is 11.6. The Labute approximate surface area is 169 Å². The van der Waals surface area contributed by atoms with Crippen LogP contribution in [-0.2, 0) is 19.1 Å². The van der Waals surface area contributed by atoms with Crippen LogP contribution in [-0.4, -0.2) is 24.1 Å². The van der Waals surface area contributed by atoms with Crippen LogP contribution in [0, 0.1) is 46.3 Å². The molecule has 28 heavy (non-hydrogen) atoms. The van der Waals surface area contributed by atoms with E-state index in [1.807, 2.05) is 0 Å². The number of hydrogen-bond donors (Lipinski definition) is 0. The molecular weight excluding hydrogens is 352 g/mol. The molecule has 1 saturated heterocycles. The predicted octanol–water partition coefficient (Wildman–Crippen LogP) is 4.75. The molecule has 1 aliphatic heterocycles. The van der Waals surface area contributed by atoms with Gasteiger partial charge in [0.1, 0.15) is 12.2 Å². The molecule has 0 N–H and O–H groups in total. The third kappa shape index (κ3) is 2.48. The number of hydrogen-bond acceptors (Lipinski definition) is 4. The molecule has 0 spiro atoms. The molecule has 4 nitrogen and oxygen atoms in total. The van der Waals surface area contributed by atoms with E-state index in [1.54, 1.807) is 0 Å². The second kappa shape index (κ2) is 6.22. The molecule has 10 atom stereocenters. The topological polar surface area (TPSA) is 52.6 Å². The Morgan fingerprint density at radius 1 is 1.04 bits per heavy atom. The van der Waals surface area contributed by atoms with Crippen molar-refractivity contribution in [1.29, 1.82) is 0 Å². The van der Waals surface area contributed by atoms with Crippen molar-refractivity contribution < 1.29 is 19.1 Å². The van der Waals surface area contributed by atoms with Crippen molar-refractivity contribution in [3.63, 3.8) is 0 Å². The SMILES string of the molecule is CC(=O)O[C@H]1CC[C@@]2(C)[C@@H](CC[C@@H]3[C@@H]2CC[C@]2(C)[C@@H]4[C@H](C[C@@H]32)OC(=O)[C@H]4C)C1. The van der Waals surface area contributed by atoms with Crippen molar-refractivity contribution >= 4 is 11.9 Å². The van der Waals surface area contributed by atoms with E-state index in [2.05, 4.69) is 20.8 Å². The van der Waals surface area contributed by atoms with Gasteiger partial charge in [-0.15, -0.1) is 0 Å². The zero-order valence-corrected chi connectivity index (χ0v) is 17.9. The lowest BCUT2D eigenvalue weighted by Gasteiger charge is -2.61. The van der Waals surface area contributed by atoms with Crippen molar-refractivity contribution in [3.05, 3.63) is 0 Å². The Morgan fingerprint density at radius 3 is 2.54 bits per heavy atom. The van der Waals surface area contributed by atoms with E-state index in [1.165, 1.54) is 39.0 Å². The van der Waals surface area contributed by atoms with Crippen molar-refractivity contribution in [2.45, 2.75) is 91.3 Å². The maximum atomic E-state index is 12.2. The molecule has 4 heteroatoms. The first-order chi connectivity index (χ1) is 13.2. The molecule has 0 amide bonds. The summed E-state index contributed by atoms with van der Waals surface area (Å²) < 4.78 is 11.4. The molecule has 0 bridgehead atoms. The second-order valence-corrected chi connectivity index (χ2v) is 11.2. The van der Waals surface area contributed by atoms with Gasteiger partial charge in [0.25, 0.3) is 0 Å². The molecule has 156 valence electrons. The first kappa shape index (κ1) is 18.9. The minimum Gasteiger partial charge on any atom is -0.463 e. The van der Waals surface area contributed by atoms with E-state index in [-0.39, 0.29) is 35.5 Å². The molecule has 0 aromatic heterocycles. The zero-order chi connectivity index (χ0) is 19.8. The molecule has 5 fully saturated rings. The average Bonchev–Trinajstić information content (AvgIpc) is 3.08. The Bertz CT molecular complexity index is 688. The lowest BCUT2D eigenvalue weighted by atomic mass is 9.44. The molecule has 0 radical (unpaired) electrons. The van der Waals surface area contributed by atoms with Gasteiger partial charge in [-0.25, -0.2) is 0 Å². The summed E-state index contributed by atoms with van der Waals surface area (Å²) in [7, 11) is 0. The fourth-order valence-corrected chi connectivity index (χ4v) is 9.01. The summed E-state index contributed by atoms with van der Waals surface area (Å²) in [6.07, 6.45) is 9.79. The molecule has 0 aromatic rings. The normalized spacial score (nSPS) is 54.8. The van der Waals surface area contributed by atoms with Crippen LogP contribution >= 0.6 is 0 Å². The number of ether oxygens (including phenoxy) is 2. The van der Waals surface area contributed by atoms with E-state index in [0.29, 0.717) is 23.2 Å². The molecular formula is C24H36O4. The number of rotatable bonds is 1. The highest BCUT2D eigenvalue weighted by molar-refractivity contribution is 5.75. The summed E-state index contributed by atoms with van der Waals surface area (Å²) in [6, 6.07) is 0. The largest absolute Gasteiger partial charge is 0.463 e. The van der Waals surface area contributed by atoms with E-state index < -0.39 is 0 Å². The van der Waals surface area contributed by atoms with Crippen LogP contribution in [0.15, 0.2) is 0 Å². The van der Waals surface area contributed by atoms with Crippen LogP contribution in [0.2, 0.25) is 0 Å². The van der Waals surface area contributed by atoms with Crippen LogP contribution in [0.3, 0.4) is 0 Å². The third-order valence-corrected chi connectivity index (χ3v) is 10.2. The summed E-state index contributed by atoms with van der Waals surface area (Å²) in [5, 5.41) is 0. The quantitative estimate of drug-likeness (QED) is 0.608. The van der Waals surface area contributed by atoms with Gasteiger partial charge < -0.3 is 9.47 Å². The van der Waals surface area contributed by atoms with E-state index >= 15 is 0 Å². The summed E-state index contributed by atoms with van der Waals surface area (Å²) in [5.41, 5.74) is 0.663. The minimum atomic E-state index is -0.128. The Kier molecular flexibility index (Phi) is 4.21. The molecule has 1 heterocycles. The molecule has 5 aliphatic rings. The Morgan fingerprint density at radius 2 is 1.79 bits per heavy atom. The zero-order valence-electron chi connectivity index (χ0n) is 17.9. The van der Waals surface area contributed by atoms with Crippen molar-refractivity contribution in [1.82, 2.24) is 0 Å². The number of esters is 2. The van der Waals surface area contributed by atoms with E-state index in [9.17, 15) is 9.59 Å². The highest BCUT2D eigenvalue weighted by Gasteiger charge is 2.66. The van der Waals surface area contributed by atoms with Crippen molar-refractivity contribution in [2.75, 3.05) is 0 Å². The van der Waals surface area contributed by atoms with Gasteiger partial charge in [-0.05, 0) is 85.9 Å². The molecule has 0 unspecified atom stereocenters. The molecule has 4 aliphatic carbocycles. The fourth-order valence-electron chi connectivity index (χ4n) is 9.01. The summed E-state index contributed by atoms with van der Waals surface area (Å²) >= 11 is 0. The smallest absolute Gasteiger partial charge is 0.309 e. The lowest BCUT2D eigenvalue weighted by molar-refractivity contribution is -0.160. The fraction of sp³-hybridized carbons (Fsp3) is 0.917. The van der Waals surface area contributed by atoms with Gasteiger partial charge in [0.05, 0.1) is 5.92 Å². The predicted molar refractivity (Wildman–Crippen MR) is 105 cm³/mol. The van der Waals surface area contributed by atoms with Gasteiger partial charge in [0, 0.05) is 12.8 Å². The lowest BCUT2D eigenvalue weighted by Crippen LogP contribution is -2.54. The van der Waals surface area contributed by atoms with Gasteiger partial charge in [0.15, 0.2) is 0 Å². The van der Waals surface area contributed by atoms with Gasteiger partial charge in [-0.1, -0.05) is 20.8 Å². The highest BCUT2D eigenvalue weighted by atomic mass is 16.6. The second-order valence-electron chi connectivity index (χ2n) is 11.2. The van der Waals surface area contributed by atoms with Crippen LogP contribution < -0.4 is 0 Å². The highest BCUT2D eigenvalue weighted by Crippen LogP contribution is 2.69. The van der Waals surface area contributed by atoms with Crippen molar-refractivity contribution in [3.8, 4) is 0 Å². The van der Waals surface area contributed by atoms with Gasteiger partial charge in [0.2, 0.25) is 0 Å². The maximum Gasteiger partial charge on any atom is 0.309 e. The molecule has 5 rings (SSSR count). The molecule has 0 aromatic carbocycles. The summed E-state index contributed by atoms with van der Waals surface area (Å²) in [4.78, 5) is 23.6. The summed E-state index contributed by atoms with van der Waals surface area (Å²) in [6.45, 7) is 8.65. The van der Waals surface area contributed by atoms with Crippen LogP contribution in [0.4, 0.5) is 0 Å². The van der Waals surface area contributed by atoms with Gasteiger partial charge >= 0.3 is 11.9 Å².